The molecule has 0 spiro atoms. The molecule has 0 aromatic heterocycles. The van der Waals surface area contributed by atoms with Gasteiger partial charge in [-0.2, -0.15) is 0 Å². The molecule has 0 rings (SSSR count). The highest BCUT2D eigenvalue weighted by Crippen LogP contribution is 1.99. The van der Waals surface area contributed by atoms with Crippen LogP contribution in [0.4, 0.5) is 0 Å². The molecule has 0 heterocycles. The Bertz CT molecular complexity index is 136. The van der Waals surface area contributed by atoms with Gasteiger partial charge in [0.25, 0.3) is 0 Å². The molecule has 0 aliphatic heterocycles. The van der Waals surface area contributed by atoms with Gasteiger partial charge in [0.2, 0.25) is 0 Å². The predicted octanol–water partition coefficient (Wildman–Crippen LogP) is 3.24. The van der Waals surface area contributed by atoms with Crippen LogP contribution in [0.1, 0.15) is 46.0 Å². The Hall–Kier alpha value is 0.0969. The second-order valence-corrected chi connectivity index (χ2v) is 6.52. The van der Waals surface area contributed by atoms with E-state index < -0.39 is 9.28 Å². The van der Waals surface area contributed by atoms with Crippen molar-refractivity contribution in [2.24, 2.45) is 0 Å². The van der Waals surface area contributed by atoms with Gasteiger partial charge in [0.1, 0.15) is 0 Å². The molecule has 0 bridgehead atoms. The van der Waals surface area contributed by atoms with Crippen molar-refractivity contribution in [3.63, 3.8) is 0 Å². The van der Waals surface area contributed by atoms with Gasteiger partial charge in [0.05, 0.1) is 0 Å². The standard InChI is InChI=1S/C11H24N.C3H10O2Si/c1-4-7-10-12(9-6-3)11-8-5-2;1-4-6(3)5-2/h3-11H2,1-2H3;6H,1-3H3. The monoisotopic (exact) mass is 276 g/mol. The third kappa shape index (κ3) is 16.1. The van der Waals surface area contributed by atoms with Gasteiger partial charge in [-0.25, -0.2) is 0 Å². The highest BCUT2D eigenvalue weighted by molar-refractivity contribution is 6.42. The molecular weight excluding hydrogens is 242 g/mol. The zero-order chi connectivity index (χ0) is 14.2. The van der Waals surface area contributed by atoms with Crippen molar-refractivity contribution >= 4 is 9.28 Å². The molecule has 0 aliphatic rings. The summed E-state index contributed by atoms with van der Waals surface area (Å²) in [6, 6.07) is 0. The second kappa shape index (κ2) is 17.1. The summed E-state index contributed by atoms with van der Waals surface area (Å²) in [4.78, 5) is 2.54. The lowest BCUT2D eigenvalue weighted by Gasteiger charge is -2.20. The van der Waals surface area contributed by atoms with Gasteiger partial charge >= 0.3 is 9.28 Å². The third-order valence-corrected chi connectivity index (χ3v) is 4.12. The molecule has 0 atom stereocenters. The van der Waals surface area contributed by atoms with E-state index in [0.29, 0.717) is 0 Å². The van der Waals surface area contributed by atoms with Crippen LogP contribution < -0.4 is 0 Å². The van der Waals surface area contributed by atoms with Gasteiger partial charge in [-0.15, -0.1) is 0 Å². The van der Waals surface area contributed by atoms with Crippen LogP contribution in [0.5, 0.6) is 0 Å². The third-order valence-electron chi connectivity index (χ3n) is 2.79. The molecule has 4 heteroatoms. The van der Waals surface area contributed by atoms with Gasteiger partial charge in [0, 0.05) is 14.2 Å². The van der Waals surface area contributed by atoms with E-state index in [-0.39, 0.29) is 0 Å². The first-order chi connectivity index (χ1) is 8.65. The lowest BCUT2D eigenvalue weighted by atomic mass is 10.2. The van der Waals surface area contributed by atoms with E-state index >= 15 is 0 Å². The Kier molecular flexibility index (Phi) is 19.4. The summed E-state index contributed by atoms with van der Waals surface area (Å²) in [6.07, 6.45) is 6.33. The quantitative estimate of drug-likeness (QED) is 0.572. The van der Waals surface area contributed by atoms with Crippen LogP contribution in [-0.2, 0) is 8.85 Å². The van der Waals surface area contributed by atoms with Crippen LogP contribution in [0.25, 0.3) is 0 Å². The average molecular weight is 277 g/mol. The normalized spacial score (nSPS) is 10.7. The fourth-order valence-electron chi connectivity index (χ4n) is 1.42. The summed E-state index contributed by atoms with van der Waals surface area (Å²) >= 11 is 0. The number of nitrogens with zero attached hydrogens (tertiary/aromatic N) is 1. The SMILES string of the molecule is CO[SiH](C)OC.[CH2]CCN(CCCC)CCCC. The minimum atomic E-state index is -1.16. The Labute approximate surface area is 117 Å². The van der Waals surface area contributed by atoms with E-state index in [4.69, 9.17) is 8.85 Å². The minimum absolute atomic E-state index is 1.05. The minimum Gasteiger partial charge on any atom is -0.400 e. The Balaban J connectivity index is 0. The maximum absolute atomic E-state index is 4.82. The van der Waals surface area contributed by atoms with Crippen molar-refractivity contribution in [1.29, 1.82) is 0 Å². The summed E-state index contributed by atoms with van der Waals surface area (Å²) < 4.78 is 9.63. The number of rotatable bonds is 10. The van der Waals surface area contributed by atoms with Gasteiger partial charge in [0.15, 0.2) is 0 Å². The molecule has 0 aromatic rings. The molecule has 0 aliphatic carbocycles. The highest BCUT2D eigenvalue weighted by Gasteiger charge is 2.00. The molecule has 3 nitrogen and oxygen atoms in total. The smallest absolute Gasteiger partial charge is 0.317 e. The maximum atomic E-state index is 4.82. The van der Waals surface area contributed by atoms with E-state index in [1.807, 2.05) is 6.55 Å². The fourth-order valence-corrected chi connectivity index (χ4v) is 1.61. The predicted molar refractivity (Wildman–Crippen MR) is 83.3 cm³/mol. The van der Waals surface area contributed by atoms with E-state index in [2.05, 4.69) is 25.7 Å². The van der Waals surface area contributed by atoms with Crippen LogP contribution in [0.2, 0.25) is 6.55 Å². The average Bonchev–Trinajstić information content (AvgIpc) is 2.41. The highest BCUT2D eigenvalue weighted by atomic mass is 28.3. The van der Waals surface area contributed by atoms with Crippen LogP contribution in [0, 0.1) is 6.92 Å². The first kappa shape index (κ1) is 20.4. The van der Waals surface area contributed by atoms with Gasteiger partial charge < -0.3 is 13.8 Å². The second-order valence-electron chi connectivity index (χ2n) is 4.44. The summed E-state index contributed by atoms with van der Waals surface area (Å²) in [6.45, 7) is 14.1. The summed E-state index contributed by atoms with van der Waals surface area (Å²) in [5.74, 6) is 0. The Morgan fingerprint density at radius 3 is 1.61 bits per heavy atom. The van der Waals surface area contributed by atoms with Crippen molar-refractivity contribution in [2.45, 2.75) is 52.5 Å². The van der Waals surface area contributed by atoms with Crippen LogP contribution >= 0.6 is 0 Å². The first-order valence-electron chi connectivity index (χ1n) is 7.23. The van der Waals surface area contributed by atoms with Crippen LogP contribution in [-0.4, -0.2) is 48.0 Å². The van der Waals surface area contributed by atoms with E-state index in [9.17, 15) is 0 Å². The summed E-state index contributed by atoms with van der Waals surface area (Å²) in [5.41, 5.74) is 0. The summed E-state index contributed by atoms with van der Waals surface area (Å²) in [7, 11) is 2.17. The lowest BCUT2D eigenvalue weighted by Crippen LogP contribution is -2.26. The van der Waals surface area contributed by atoms with Crippen molar-refractivity contribution in [2.75, 3.05) is 33.9 Å². The Morgan fingerprint density at radius 1 is 0.944 bits per heavy atom. The zero-order valence-corrected chi connectivity index (χ0v) is 14.4. The van der Waals surface area contributed by atoms with Crippen molar-refractivity contribution < 1.29 is 8.85 Å². The van der Waals surface area contributed by atoms with E-state index in [0.717, 1.165) is 6.42 Å². The maximum Gasteiger partial charge on any atom is 0.317 e. The van der Waals surface area contributed by atoms with Gasteiger partial charge in [-0.1, -0.05) is 33.6 Å². The van der Waals surface area contributed by atoms with Crippen LogP contribution in [0.3, 0.4) is 0 Å². The topological polar surface area (TPSA) is 21.7 Å². The molecule has 18 heavy (non-hydrogen) atoms. The number of unbranched alkanes of at least 4 members (excludes halogenated alkanes) is 2. The van der Waals surface area contributed by atoms with Crippen molar-refractivity contribution in [3.8, 4) is 0 Å². The molecule has 0 unspecified atom stereocenters. The fraction of sp³-hybridized carbons (Fsp3) is 0.929. The van der Waals surface area contributed by atoms with Crippen molar-refractivity contribution in [1.82, 2.24) is 4.90 Å². The molecule has 1 radical (unpaired) electrons. The first-order valence-corrected chi connectivity index (χ1v) is 9.33. The molecule has 0 aromatic carbocycles. The zero-order valence-electron chi connectivity index (χ0n) is 13.2. The van der Waals surface area contributed by atoms with Gasteiger partial charge in [-0.3, -0.25) is 0 Å². The van der Waals surface area contributed by atoms with E-state index in [1.54, 1.807) is 14.2 Å². The largest absolute Gasteiger partial charge is 0.400 e. The molecule has 0 saturated heterocycles. The summed E-state index contributed by atoms with van der Waals surface area (Å²) in [5, 5.41) is 0. The Morgan fingerprint density at radius 2 is 1.39 bits per heavy atom. The molecular formula is C14H34NO2Si. The van der Waals surface area contributed by atoms with Gasteiger partial charge in [-0.05, 0) is 45.4 Å². The molecule has 0 amide bonds. The van der Waals surface area contributed by atoms with Crippen LogP contribution in [0.15, 0.2) is 0 Å². The van der Waals surface area contributed by atoms with E-state index in [1.165, 1.54) is 45.3 Å². The number of hydrogen-bond acceptors (Lipinski definition) is 3. The molecule has 111 valence electrons. The van der Waals surface area contributed by atoms with Crippen molar-refractivity contribution in [3.05, 3.63) is 6.92 Å². The molecule has 0 fully saturated rings. The number of hydrogen-bond donors (Lipinski definition) is 0. The molecule has 0 saturated carbocycles. The lowest BCUT2D eigenvalue weighted by molar-refractivity contribution is 0.270. The molecule has 0 N–H and O–H groups in total.